The maximum absolute atomic E-state index is 4.73. The predicted octanol–water partition coefficient (Wildman–Crippen LogP) is 3.01. The molecule has 1 aliphatic heterocycles. The van der Waals surface area contributed by atoms with Gasteiger partial charge in [0.1, 0.15) is 17.5 Å². The Morgan fingerprint density at radius 2 is 2.00 bits per heavy atom. The lowest BCUT2D eigenvalue weighted by molar-refractivity contribution is 0.800. The summed E-state index contributed by atoms with van der Waals surface area (Å²) >= 11 is 2.08. The molecule has 19 heavy (non-hydrogen) atoms. The summed E-state index contributed by atoms with van der Waals surface area (Å²) in [5.74, 6) is 4.90. The van der Waals surface area contributed by atoms with Crippen LogP contribution in [0.5, 0.6) is 0 Å². The molecule has 2 fully saturated rings. The highest BCUT2D eigenvalue weighted by molar-refractivity contribution is 8.00. The lowest BCUT2D eigenvalue weighted by Crippen LogP contribution is -2.16. The Kier molecular flexibility index (Phi) is 3.82. The summed E-state index contributed by atoms with van der Waals surface area (Å²) in [6, 6.07) is 0. The largest absolute Gasteiger partial charge is 0.373 e. The smallest absolute Gasteiger partial charge is 0.136 e. The van der Waals surface area contributed by atoms with Crippen LogP contribution < -0.4 is 10.6 Å². The van der Waals surface area contributed by atoms with Gasteiger partial charge in [-0.3, -0.25) is 0 Å². The van der Waals surface area contributed by atoms with Gasteiger partial charge in [0.2, 0.25) is 0 Å². The summed E-state index contributed by atoms with van der Waals surface area (Å²) in [5, 5.41) is 7.48. The molecule has 2 N–H and O–H groups in total. The van der Waals surface area contributed by atoms with Crippen LogP contribution in [0.4, 0.5) is 11.6 Å². The summed E-state index contributed by atoms with van der Waals surface area (Å²) in [6.07, 6.45) is 5.17. The predicted molar refractivity (Wildman–Crippen MR) is 82.3 cm³/mol. The fourth-order valence-electron chi connectivity index (χ4n) is 2.49. The van der Waals surface area contributed by atoms with Gasteiger partial charge >= 0.3 is 0 Å². The SMILES string of the molecule is CNc1nc(C2CC2)nc(NCC2CCCS2)c1C. The van der Waals surface area contributed by atoms with E-state index in [2.05, 4.69) is 34.3 Å². The van der Waals surface area contributed by atoms with Gasteiger partial charge in [-0.2, -0.15) is 11.8 Å². The van der Waals surface area contributed by atoms with Crippen LogP contribution in [0.3, 0.4) is 0 Å². The molecular formula is C14H22N4S. The molecule has 0 amide bonds. The molecular weight excluding hydrogens is 256 g/mol. The summed E-state index contributed by atoms with van der Waals surface area (Å²) < 4.78 is 0. The highest BCUT2D eigenvalue weighted by Crippen LogP contribution is 2.39. The normalized spacial score (nSPS) is 22.5. The second kappa shape index (κ2) is 5.57. The zero-order valence-corrected chi connectivity index (χ0v) is 12.5. The van der Waals surface area contributed by atoms with Crippen molar-refractivity contribution < 1.29 is 0 Å². The molecule has 2 heterocycles. The monoisotopic (exact) mass is 278 g/mol. The van der Waals surface area contributed by atoms with Gasteiger partial charge in [-0.1, -0.05) is 0 Å². The first-order chi connectivity index (χ1) is 9.28. The minimum absolute atomic E-state index is 0.592. The molecule has 104 valence electrons. The number of nitrogens with zero attached hydrogens (tertiary/aromatic N) is 2. The molecule has 0 radical (unpaired) electrons. The number of thioether (sulfide) groups is 1. The van der Waals surface area contributed by atoms with Gasteiger partial charge in [-0.15, -0.1) is 0 Å². The van der Waals surface area contributed by atoms with Crippen molar-refractivity contribution in [3.63, 3.8) is 0 Å². The van der Waals surface area contributed by atoms with E-state index in [1.165, 1.54) is 31.4 Å². The second-order valence-corrected chi connectivity index (χ2v) is 6.85. The highest BCUT2D eigenvalue weighted by Gasteiger charge is 2.28. The first kappa shape index (κ1) is 13.0. The molecule has 0 aromatic carbocycles. The molecule has 0 spiro atoms. The zero-order chi connectivity index (χ0) is 13.2. The van der Waals surface area contributed by atoms with Crippen LogP contribution in [0, 0.1) is 6.92 Å². The average Bonchev–Trinajstić information content (AvgIpc) is 3.14. The Labute approximate surface area is 119 Å². The summed E-state index contributed by atoms with van der Waals surface area (Å²) in [6.45, 7) is 3.11. The number of rotatable bonds is 5. The lowest BCUT2D eigenvalue weighted by Gasteiger charge is -2.15. The van der Waals surface area contributed by atoms with Crippen molar-refractivity contribution in [2.24, 2.45) is 0 Å². The van der Waals surface area contributed by atoms with Crippen molar-refractivity contribution in [2.75, 3.05) is 30.0 Å². The van der Waals surface area contributed by atoms with E-state index < -0.39 is 0 Å². The van der Waals surface area contributed by atoms with Crippen LogP contribution in [0.15, 0.2) is 0 Å². The number of hydrogen-bond acceptors (Lipinski definition) is 5. The third-order valence-electron chi connectivity index (χ3n) is 3.86. The molecule has 1 saturated carbocycles. The Hall–Kier alpha value is -0.970. The van der Waals surface area contributed by atoms with E-state index in [0.29, 0.717) is 5.92 Å². The minimum atomic E-state index is 0.592. The van der Waals surface area contributed by atoms with Crippen molar-refractivity contribution in [1.82, 2.24) is 9.97 Å². The Morgan fingerprint density at radius 1 is 1.21 bits per heavy atom. The number of hydrogen-bond donors (Lipinski definition) is 2. The van der Waals surface area contributed by atoms with E-state index in [9.17, 15) is 0 Å². The van der Waals surface area contributed by atoms with Crippen LogP contribution in [-0.2, 0) is 0 Å². The standard InChI is InChI=1S/C14H22N4S/c1-9-12(15-2)17-14(10-5-6-10)18-13(9)16-8-11-4-3-7-19-11/h10-11H,3-8H2,1-2H3,(H2,15,16,17,18). The third-order valence-corrected chi connectivity index (χ3v) is 5.26. The van der Waals surface area contributed by atoms with E-state index in [4.69, 9.17) is 4.98 Å². The van der Waals surface area contributed by atoms with Gasteiger partial charge < -0.3 is 10.6 Å². The molecule has 1 aromatic heterocycles. The molecule has 2 aliphatic rings. The molecule has 3 rings (SSSR count). The Balaban J connectivity index is 1.75. The van der Waals surface area contributed by atoms with E-state index in [1.807, 2.05) is 7.05 Å². The van der Waals surface area contributed by atoms with E-state index in [1.54, 1.807) is 0 Å². The van der Waals surface area contributed by atoms with Gasteiger partial charge in [-0.05, 0) is 38.4 Å². The molecule has 0 bridgehead atoms. The quantitative estimate of drug-likeness (QED) is 0.867. The minimum Gasteiger partial charge on any atom is -0.373 e. The van der Waals surface area contributed by atoms with Gasteiger partial charge in [-0.25, -0.2) is 9.97 Å². The van der Waals surface area contributed by atoms with Crippen LogP contribution in [0.1, 0.15) is 43.0 Å². The van der Waals surface area contributed by atoms with E-state index >= 15 is 0 Å². The van der Waals surface area contributed by atoms with Crippen LogP contribution in [0.2, 0.25) is 0 Å². The van der Waals surface area contributed by atoms with Crippen molar-refractivity contribution in [3.8, 4) is 0 Å². The number of anilines is 2. The molecule has 1 unspecified atom stereocenters. The fraction of sp³-hybridized carbons (Fsp3) is 0.714. The van der Waals surface area contributed by atoms with Crippen molar-refractivity contribution in [3.05, 3.63) is 11.4 Å². The molecule has 1 saturated heterocycles. The van der Waals surface area contributed by atoms with E-state index in [-0.39, 0.29) is 0 Å². The number of aromatic nitrogens is 2. The first-order valence-electron chi connectivity index (χ1n) is 7.19. The highest BCUT2D eigenvalue weighted by atomic mass is 32.2. The van der Waals surface area contributed by atoms with Crippen LogP contribution in [0.25, 0.3) is 0 Å². The fourth-order valence-corrected chi connectivity index (χ4v) is 3.69. The number of nitrogens with one attached hydrogen (secondary N) is 2. The van der Waals surface area contributed by atoms with Gasteiger partial charge in [0.05, 0.1) is 0 Å². The molecule has 5 heteroatoms. The summed E-state index contributed by atoms with van der Waals surface area (Å²) in [5.41, 5.74) is 1.13. The van der Waals surface area contributed by atoms with Crippen molar-refractivity contribution in [2.45, 2.75) is 43.8 Å². The average molecular weight is 278 g/mol. The topological polar surface area (TPSA) is 49.8 Å². The molecule has 1 aliphatic carbocycles. The maximum atomic E-state index is 4.73. The van der Waals surface area contributed by atoms with Crippen molar-refractivity contribution in [1.29, 1.82) is 0 Å². The van der Waals surface area contributed by atoms with Crippen LogP contribution in [-0.4, -0.2) is 34.6 Å². The second-order valence-electron chi connectivity index (χ2n) is 5.44. The summed E-state index contributed by atoms with van der Waals surface area (Å²) in [4.78, 5) is 9.36. The van der Waals surface area contributed by atoms with E-state index in [0.717, 1.165) is 34.8 Å². The van der Waals surface area contributed by atoms with Gasteiger partial charge in [0.25, 0.3) is 0 Å². The third kappa shape index (κ3) is 2.96. The molecule has 1 atom stereocenters. The van der Waals surface area contributed by atoms with Crippen molar-refractivity contribution >= 4 is 23.4 Å². The maximum Gasteiger partial charge on any atom is 0.136 e. The lowest BCUT2D eigenvalue weighted by atomic mass is 10.2. The zero-order valence-electron chi connectivity index (χ0n) is 11.7. The van der Waals surface area contributed by atoms with Gasteiger partial charge in [0.15, 0.2) is 0 Å². The summed E-state index contributed by atoms with van der Waals surface area (Å²) in [7, 11) is 1.93. The molecule has 4 nitrogen and oxygen atoms in total. The Morgan fingerprint density at radius 3 is 2.63 bits per heavy atom. The van der Waals surface area contributed by atoms with Crippen LogP contribution >= 0.6 is 11.8 Å². The first-order valence-corrected chi connectivity index (χ1v) is 8.24. The van der Waals surface area contributed by atoms with Gasteiger partial charge in [0, 0.05) is 30.3 Å². The molecule has 1 aromatic rings. The Bertz CT molecular complexity index is 453.